The van der Waals surface area contributed by atoms with Gasteiger partial charge in [-0.3, -0.25) is 0 Å². The van der Waals surface area contributed by atoms with Gasteiger partial charge < -0.3 is 0 Å². The predicted octanol–water partition coefficient (Wildman–Crippen LogP) is -1.65. The van der Waals surface area contributed by atoms with E-state index in [0.29, 0.717) is 13.0 Å². The molecule has 0 atom stereocenters. The molecule has 0 rings (SSSR count). The fraction of sp³-hybridized carbons (Fsp3) is 0.600. The Hall–Kier alpha value is -0.835. The van der Waals surface area contributed by atoms with Crippen molar-refractivity contribution in [3.05, 3.63) is 0 Å². The zero-order valence-electron chi connectivity index (χ0n) is 6.13. The summed E-state index contributed by atoms with van der Waals surface area (Å²) in [5.41, 5.74) is 2.04. The molecule has 0 radical (unpaired) electrons. The van der Waals surface area contributed by atoms with Crippen LogP contribution in [0.2, 0.25) is 0 Å². The number of hydrogen-bond donors (Lipinski definition) is 2. The van der Waals surface area contributed by atoms with Gasteiger partial charge in [0.2, 0.25) is 0 Å². The number of nitrogens with two attached hydrogens (primary N) is 1. The van der Waals surface area contributed by atoms with E-state index in [1.807, 2.05) is 17.3 Å². The van der Waals surface area contributed by atoms with Gasteiger partial charge >= 0.3 is 60.3 Å². The molecule has 0 spiro atoms. The second-order valence-corrected chi connectivity index (χ2v) is 1.98. The van der Waals surface area contributed by atoms with Crippen LogP contribution < -0.4 is 11.3 Å². The number of nitrogens with zero attached hydrogens (tertiary/aromatic N) is 1. The Bertz CT molecular complexity index is 128. The Morgan fingerprint density at radius 2 is 2.50 bits per heavy atom. The number of nitrogens with one attached hydrogen (secondary N) is 1. The first-order valence-electron chi connectivity index (χ1n) is 3.03. The third-order valence-corrected chi connectivity index (χ3v) is 1.16. The molecule has 0 saturated carbocycles. The number of amides is 1. The van der Waals surface area contributed by atoms with Crippen LogP contribution in [0.3, 0.4) is 0 Å². The molecule has 0 fully saturated rings. The Labute approximate surface area is 61.3 Å². The van der Waals surface area contributed by atoms with Gasteiger partial charge in [-0.05, 0) is 0 Å². The van der Waals surface area contributed by atoms with Crippen LogP contribution in [-0.4, -0.2) is 37.8 Å². The standard InChI is InChI=1S/C5H12BN3O/c1-6-9(2)4-3-5(10)8-7/h1,3-4,7H2,2H3,(H,8,10). The summed E-state index contributed by atoms with van der Waals surface area (Å²) < 4.78 is 0. The van der Waals surface area contributed by atoms with Gasteiger partial charge in [-0.1, -0.05) is 0 Å². The van der Waals surface area contributed by atoms with Gasteiger partial charge in [0, 0.05) is 0 Å². The topological polar surface area (TPSA) is 58.4 Å². The van der Waals surface area contributed by atoms with Crippen molar-refractivity contribution >= 4 is 19.4 Å². The summed E-state index contributed by atoms with van der Waals surface area (Å²) in [6, 6.07) is 0. The number of hydrogen-bond acceptors (Lipinski definition) is 3. The first-order chi connectivity index (χ1) is 4.70. The number of hydrazine groups is 1. The van der Waals surface area contributed by atoms with E-state index in [0.717, 1.165) is 0 Å². The monoisotopic (exact) mass is 141 g/mol. The van der Waals surface area contributed by atoms with E-state index >= 15 is 0 Å². The normalized spacial score (nSPS) is 8.20. The summed E-state index contributed by atoms with van der Waals surface area (Å²) in [7, 11) is 3.50. The van der Waals surface area contributed by atoms with Gasteiger partial charge in [-0.15, -0.1) is 0 Å². The number of rotatable bonds is 4. The number of carbonyl (C=O) groups is 1. The third kappa shape index (κ3) is 4.08. The van der Waals surface area contributed by atoms with Gasteiger partial charge in [0.15, 0.2) is 0 Å². The second-order valence-electron chi connectivity index (χ2n) is 1.98. The van der Waals surface area contributed by atoms with Crippen LogP contribution in [-0.2, 0) is 4.79 Å². The Balaban J connectivity index is 3.34. The zero-order chi connectivity index (χ0) is 7.98. The average molecular weight is 141 g/mol. The van der Waals surface area contributed by atoms with Crippen LogP contribution in [0.25, 0.3) is 0 Å². The first kappa shape index (κ1) is 9.16. The van der Waals surface area contributed by atoms with Gasteiger partial charge in [0.05, 0.1) is 0 Å². The van der Waals surface area contributed by atoms with Crippen LogP contribution in [0, 0.1) is 0 Å². The molecule has 5 heteroatoms. The summed E-state index contributed by atoms with van der Waals surface area (Å²) in [6.07, 6.45) is 0.402. The predicted molar refractivity (Wildman–Crippen MR) is 42.5 cm³/mol. The molecule has 0 aromatic rings. The second kappa shape index (κ2) is 4.99. The molecule has 1 amide bonds. The van der Waals surface area contributed by atoms with Crippen molar-refractivity contribution in [2.75, 3.05) is 13.6 Å². The van der Waals surface area contributed by atoms with E-state index in [1.165, 1.54) is 0 Å². The molecule has 4 nitrogen and oxygen atoms in total. The van der Waals surface area contributed by atoms with E-state index in [4.69, 9.17) is 5.84 Å². The van der Waals surface area contributed by atoms with Gasteiger partial charge in [0.25, 0.3) is 0 Å². The van der Waals surface area contributed by atoms with E-state index in [2.05, 4.69) is 6.47 Å². The van der Waals surface area contributed by atoms with E-state index in [-0.39, 0.29) is 5.91 Å². The maximum absolute atomic E-state index is 10.5. The van der Waals surface area contributed by atoms with E-state index < -0.39 is 0 Å². The summed E-state index contributed by atoms with van der Waals surface area (Å²) >= 11 is 0. The minimum atomic E-state index is -0.159. The van der Waals surface area contributed by atoms with Crippen molar-refractivity contribution in [2.45, 2.75) is 6.42 Å². The van der Waals surface area contributed by atoms with E-state index in [9.17, 15) is 4.79 Å². The SMILES string of the molecule is C=BN(C)CCC(=O)NN. The summed E-state index contributed by atoms with van der Waals surface area (Å²) in [6.45, 7) is 4.17. The molecule has 0 aliphatic rings. The van der Waals surface area contributed by atoms with E-state index in [1.54, 1.807) is 7.06 Å². The van der Waals surface area contributed by atoms with Crippen LogP contribution in [0.15, 0.2) is 0 Å². The molecule has 0 heterocycles. The van der Waals surface area contributed by atoms with Crippen LogP contribution in [0.5, 0.6) is 0 Å². The van der Waals surface area contributed by atoms with Crippen molar-refractivity contribution in [1.82, 2.24) is 10.2 Å². The zero-order valence-corrected chi connectivity index (χ0v) is 6.13. The molecule has 0 bridgehead atoms. The molecule has 10 heavy (non-hydrogen) atoms. The van der Waals surface area contributed by atoms with Crippen LogP contribution in [0.1, 0.15) is 6.42 Å². The average Bonchev–Trinajstić information content (AvgIpc) is 1.99. The van der Waals surface area contributed by atoms with Crippen LogP contribution in [0.4, 0.5) is 0 Å². The molecule has 56 valence electrons. The fourth-order valence-electron chi connectivity index (χ4n) is 0.441. The summed E-state index contributed by atoms with van der Waals surface area (Å²) in [4.78, 5) is 12.3. The summed E-state index contributed by atoms with van der Waals surface area (Å²) in [5, 5.41) is 0. The van der Waals surface area contributed by atoms with Crippen molar-refractivity contribution in [2.24, 2.45) is 5.84 Å². The van der Waals surface area contributed by atoms with Crippen molar-refractivity contribution in [3.8, 4) is 0 Å². The molecule has 0 unspecified atom stereocenters. The van der Waals surface area contributed by atoms with Gasteiger partial charge in [-0.2, -0.15) is 0 Å². The minimum absolute atomic E-state index is 0.159. The van der Waals surface area contributed by atoms with Crippen molar-refractivity contribution in [1.29, 1.82) is 0 Å². The Kier molecular flexibility index (Phi) is 4.57. The van der Waals surface area contributed by atoms with Crippen LogP contribution >= 0.6 is 0 Å². The summed E-state index contributed by atoms with van der Waals surface area (Å²) in [5.74, 6) is 4.70. The first-order valence-corrected chi connectivity index (χ1v) is 3.03. The molecule has 3 N–H and O–H groups in total. The van der Waals surface area contributed by atoms with Gasteiger partial charge in [-0.25, -0.2) is 0 Å². The molecule has 0 saturated heterocycles. The molecular formula is C5H12BN3O. The Morgan fingerprint density at radius 3 is 2.90 bits per heavy atom. The maximum atomic E-state index is 10.5. The molecule has 0 aromatic carbocycles. The Morgan fingerprint density at radius 1 is 1.90 bits per heavy atom. The molecule has 0 aromatic heterocycles. The third-order valence-electron chi connectivity index (χ3n) is 1.16. The fourth-order valence-corrected chi connectivity index (χ4v) is 0.441. The van der Waals surface area contributed by atoms with Crippen molar-refractivity contribution < 1.29 is 4.79 Å². The molecule has 0 aliphatic carbocycles. The molecule has 0 aliphatic heterocycles. The quantitative estimate of drug-likeness (QED) is 0.213. The van der Waals surface area contributed by atoms with Gasteiger partial charge in [0.1, 0.15) is 0 Å². The molecular weight excluding hydrogens is 129 g/mol. The number of carbonyl (C=O) groups excluding carboxylic acids is 1. The van der Waals surface area contributed by atoms with Crippen molar-refractivity contribution in [3.63, 3.8) is 0 Å².